The molecule has 0 atom stereocenters. The Labute approximate surface area is 659 Å². The molecule has 8 aromatic carbocycles. The predicted molar refractivity (Wildman–Crippen MR) is 420 cm³/mol. The Kier molecular flexibility index (Phi) is 29.9. The van der Waals surface area contributed by atoms with E-state index in [1.807, 2.05) is 0 Å². The normalized spacial score (nSPS) is 13.9. The Balaban J connectivity index is 0.000000234. The lowest BCUT2D eigenvalue weighted by molar-refractivity contribution is -0.894. The highest BCUT2D eigenvalue weighted by atomic mass is 32.2. The summed E-state index contributed by atoms with van der Waals surface area (Å²) in [5, 5.41) is 0.448. The standard InChI is InChI=1S/C28H18N2O11S2.C28H18N2O10S2.4C6H15N/c1-13-3-9-19(21(11-13)42(35,36)37)41-20-10-4-14(12-22(20)43(38,39)40)30-27(33)17-7-5-15-23-16(26(32)29(2)25(15)31)6-8-18(24(17)23)28(30)34;1-13-3-5-15(21(11-13)41(35,36)37)16-6-4-14(12-22(16)42(38,39)40)30-27(33)19-9-7-17-23-18(26(32)29(2)25(17)31)8-10-20(24(19)23)28(30)34;4*1-4-7(5-2)6-3/h3-12H,1-2H3,(H,35,36,37)(H,38,39,40);3-12H,1-2H3,(H,35,36,37)(H,38,39,40);4*4-6H2,1-3H3. The van der Waals surface area contributed by atoms with Gasteiger partial charge in [0, 0.05) is 91.3 Å². The number of aryl methyl sites for hydroxylation is 2. The second-order valence-electron chi connectivity index (χ2n) is 26.8. The van der Waals surface area contributed by atoms with E-state index in [-0.39, 0.29) is 83.0 Å². The van der Waals surface area contributed by atoms with Gasteiger partial charge in [0.2, 0.25) is 0 Å². The minimum atomic E-state index is -5.36. The highest BCUT2D eigenvalue weighted by molar-refractivity contribution is 7.86. The Hall–Kier alpha value is -9.88. The fourth-order valence-corrected chi connectivity index (χ4v) is 16.3. The van der Waals surface area contributed by atoms with Crippen LogP contribution in [0.15, 0.2) is 141 Å². The molecule has 0 bridgehead atoms. The van der Waals surface area contributed by atoms with Crippen molar-refractivity contribution in [3.05, 3.63) is 177 Å². The lowest BCUT2D eigenvalue weighted by atomic mass is 9.86. The summed E-state index contributed by atoms with van der Waals surface area (Å²) in [5.74, 6) is -7.38. The molecule has 4 heterocycles. The molecule has 113 heavy (non-hydrogen) atoms. The number of hydrogen-bond donors (Lipinski definition) is 4. The molecule has 0 aliphatic carbocycles. The van der Waals surface area contributed by atoms with Crippen LogP contribution in [-0.2, 0) is 40.5 Å². The van der Waals surface area contributed by atoms with E-state index in [9.17, 15) is 90.2 Å². The molecule has 29 nitrogen and oxygen atoms in total. The molecule has 0 spiro atoms. The Morgan fingerprint density at radius 2 is 0.469 bits per heavy atom. The van der Waals surface area contributed by atoms with E-state index >= 15 is 0 Å². The maximum absolute atomic E-state index is 13.7. The van der Waals surface area contributed by atoms with Crippen molar-refractivity contribution >= 4 is 121 Å². The molecular weight excluding hydrogens is 1540 g/mol. The number of hydrogen-bond acceptors (Lipinski definition) is 21. The van der Waals surface area contributed by atoms with E-state index in [0.717, 1.165) is 58.3 Å². The number of nitrogens with zero attached hydrogens (tertiary/aromatic N) is 4. The number of nitrogens with one attached hydrogen (secondary N) is 4. The van der Waals surface area contributed by atoms with Crippen molar-refractivity contribution in [1.29, 1.82) is 0 Å². The van der Waals surface area contributed by atoms with Crippen molar-refractivity contribution in [3.8, 4) is 22.6 Å². The zero-order valence-electron chi connectivity index (χ0n) is 66.0. The van der Waals surface area contributed by atoms with Crippen LogP contribution in [0, 0.1) is 13.8 Å². The topological polar surface area (TPSA) is 405 Å². The lowest BCUT2D eigenvalue weighted by Gasteiger charge is -2.31. The quantitative estimate of drug-likeness (QED) is 0.0533. The van der Waals surface area contributed by atoms with Gasteiger partial charge in [-0.05, 0) is 205 Å². The fraction of sp³-hybridized carbons (Fsp3) is 0.350. The summed E-state index contributed by atoms with van der Waals surface area (Å²) in [5.41, 5.74) is -0.420. The van der Waals surface area contributed by atoms with Gasteiger partial charge in [0.15, 0.2) is 0 Å². The van der Waals surface area contributed by atoms with Gasteiger partial charge in [0.25, 0.3) is 47.3 Å². The number of benzene rings is 8. The molecule has 33 heteroatoms. The fourth-order valence-electron chi connectivity index (χ4n) is 13.5. The summed E-state index contributed by atoms with van der Waals surface area (Å²) >= 11 is 0. The van der Waals surface area contributed by atoms with Gasteiger partial charge in [-0.15, -0.1) is 0 Å². The molecular formula is C80H96N8O21S4. The first-order valence-electron chi connectivity index (χ1n) is 37.1. The zero-order valence-corrected chi connectivity index (χ0v) is 69.3. The van der Waals surface area contributed by atoms with Crippen molar-refractivity contribution in [2.45, 2.75) is 117 Å². The number of carbonyl (C=O) groups excluding carboxylic acids is 8. The predicted octanol–water partition coefficient (Wildman–Crippen LogP) is 5.15. The van der Waals surface area contributed by atoms with Gasteiger partial charge in [0.05, 0.1) is 109 Å². The number of amides is 8. The van der Waals surface area contributed by atoms with Crippen molar-refractivity contribution in [1.82, 2.24) is 9.80 Å². The number of imide groups is 4. The summed E-state index contributed by atoms with van der Waals surface area (Å²) < 4.78 is 150. The summed E-state index contributed by atoms with van der Waals surface area (Å²) in [4.78, 5) is 112. The first kappa shape index (κ1) is 90.3. The highest BCUT2D eigenvalue weighted by Crippen LogP contribution is 2.44. The van der Waals surface area contributed by atoms with Crippen LogP contribution in [0.2, 0.25) is 0 Å². The van der Waals surface area contributed by atoms with E-state index < -0.39 is 124 Å². The van der Waals surface area contributed by atoms with Crippen LogP contribution in [0.3, 0.4) is 0 Å². The molecule has 0 fully saturated rings. The van der Waals surface area contributed by atoms with Crippen LogP contribution in [0.1, 0.15) is 177 Å². The minimum absolute atomic E-state index is 0.0516. The maximum atomic E-state index is 13.7. The number of rotatable bonds is 21. The minimum Gasteiger partial charge on any atom is -0.744 e. The maximum Gasteiger partial charge on any atom is 0.265 e. The summed E-state index contributed by atoms with van der Waals surface area (Å²) in [7, 11) is -18.3. The molecule has 606 valence electrons. The van der Waals surface area contributed by atoms with E-state index in [0.29, 0.717) is 27.0 Å². The molecule has 8 amide bonds. The molecule has 8 aromatic rings. The summed E-state index contributed by atoms with van der Waals surface area (Å²) in [6.45, 7) is 45.0. The molecule has 12 rings (SSSR count). The molecule has 4 aliphatic rings. The van der Waals surface area contributed by atoms with Gasteiger partial charge < -0.3 is 42.5 Å². The van der Waals surface area contributed by atoms with Crippen LogP contribution in [-0.4, -0.2) is 202 Å². The lowest BCUT2D eigenvalue weighted by Crippen LogP contribution is -3.11. The van der Waals surface area contributed by atoms with Gasteiger partial charge in [-0.3, -0.25) is 48.2 Å². The van der Waals surface area contributed by atoms with Gasteiger partial charge >= 0.3 is 0 Å². The first-order valence-corrected chi connectivity index (χ1v) is 42.7. The monoisotopic (exact) mass is 1630 g/mol. The Bertz CT molecular complexity index is 5330. The summed E-state index contributed by atoms with van der Waals surface area (Å²) in [6, 6.07) is 23.4. The third-order valence-corrected chi connectivity index (χ3v) is 23.9. The average Bonchev–Trinajstić information content (AvgIpc) is 0.716. The molecule has 4 N–H and O–H groups in total. The largest absolute Gasteiger partial charge is 0.744 e. The molecule has 0 saturated heterocycles. The molecule has 0 radical (unpaired) electrons. The average molecular weight is 1630 g/mol. The SMILES string of the molecule is CC[NH+](CC)CC.CC[NH+](CC)CC.CC[NH+](CC)CC.CC[NH+](CC)CC.Cc1ccc(-c2ccc(N3C(=O)c4ccc5c6c(ccc(c46)C3=O)C(=O)N(C)C5=O)cc2S(=O)(=O)[O-])c(S(=O)(=O)[O-])c1.Cc1ccc(Oc2ccc(N3C(=O)c4ccc5c6c(ccc(c46)C3=O)C(=O)N(C)C5=O)cc2S(=O)(=O)[O-])c(S(=O)(=O)[O-])c1. The van der Waals surface area contributed by atoms with Crippen molar-refractivity contribution in [2.75, 3.05) is 102 Å². The van der Waals surface area contributed by atoms with E-state index in [4.69, 9.17) is 4.74 Å². The Morgan fingerprint density at radius 3 is 0.726 bits per heavy atom. The van der Waals surface area contributed by atoms with E-state index in [2.05, 4.69) is 83.1 Å². The van der Waals surface area contributed by atoms with Gasteiger partial charge in [-0.1, -0.05) is 24.3 Å². The third kappa shape index (κ3) is 19.3. The van der Waals surface area contributed by atoms with Crippen molar-refractivity contribution < 1.29 is 115 Å². The smallest absolute Gasteiger partial charge is 0.265 e. The Morgan fingerprint density at radius 1 is 0.274 bits per heavy atom. The van der Waals surface area contributed by atoms with Crippen LogP contribution >= 0.6 is 0 Å². The second kappa shape index (κ2) is 37.4. The van der Waals surface area contributed by atoms with Crippen LogP contribution in [0.5, 0.6) is 11.5 Å². The molecule has 0 saturated carbocycles. The van der Waals surface area contributed by atoms with Gasteiger partial charge in [-0.2, -0.15) is 0 Å². The van der Waals surface area contributed by atoms with Crippen LogP contribution < -0.4 is 34.1 Å². The van der Waals surface area contributed by atoms with E-state index in [1.165, 1.54) is 173 Å². The first-order chi connectivity index (χ1) is 53.1. The number of quaternary nitrogens is 4. The van der Waals surface area contributed by atoms with Crippen LogP contribution in [0.25, 0.3) is 32.7 Å². The number of carbonyl (C=O) groups is 8. The van der Waals surface area contributed by atoms with Crippen LogP contribution in [0.4, 0.5) is 11.4 Å². The van der Waals surface area contributed by atoms with Gasteiger partial charge in [-0.25, -0.2) is 43.5 Å². The number of ether oxygens (including phenoxy) is 1. The highest BCUT2D eigenvalue weighted by Gasteiger charge is 2.42. The van der Waals surface area contributed by atoms with Crippen molar-refractivity contribution in [2.24, 2.45) is 0 Å². The molecule has 4 aliphatic heterocycles. The second-order valence-corrected chi connectivity index (χ2v) is 32.2. The number of anilines is 2. The zero-order chi connectivity index (χ0) is 84.4. The summed E-state index contributed by atoms with van der Waals surface area (Å²) in [6.07, 6.45) is 0. The van der Waals surface area contributed by atoms with Crippen molar-refractivity contribution in [3.63, 3.8) is 0 Å². The van der Waals surface area contributed by atoms with E-state index in [1.54, 1.807) is 19.6 Å². The molecule has 0 unspecified atom stereocenters. The van der Waals surface area contributed by atoms with Gasteiger partial charge in [0.1, 0.15) is 52.0 Å². The molecule has 0 aromatic heterocycles. The third-order valence-electron chi connectivity index (χ3n) is 20.4.